The molecule has 0 unspecified atom stereocenters. The summed E-state index contributed by atoms with van der Waals surface area (Å²) in [5.41, 5.74) is 2.07. The van der Waals surface area contributed by atoms with Crippen LogP contribution in [0, 0.1) is 18.8 Å². The molecule has 0 radical (unpaired) electrons. The third kappa shape index (κ3) is 2.04. The molecule has 152 valence electrons. The normalized spacial score (nSPS) is 32.0. The van der Waals surface area contributed by atoms with E-state index in [0.717, 1.165) is 40.7 Å². The zero-order valence-corrected chi connectivity index (χ0v) is 18.0. The van der Waals surface area contributed by atoms with Crippen molar-refractivity contribution in [3.05, 3.63) is 58.1 Å². The summed E-state index contributed by atoms with van der Waals surface area (Å²) in [5.74, 6) is -1.84. The van der Waals surface area contributed by atoms with Gasteiger partial charge in [-0.3, -0.25) is 19.3 Å². The van der Waals surface area contributed by atoms with Gasteiger partial charge < -0.3 is 5.32 Å². The van der Waals surface area contributed by atoms with Crippen LogP contribution in [0.3, 0.4) is 0 Å². The lowest BCUT2D eigenvalue weighted by atomic mass is 9.75. The third-order valence-electron chi connectivity index (χ3n) is 7.23. The molecule has 1 N–H and O–H groups in total. The first kappa shape index (κ1) is 18.3. The molecule has 2 aromatic rings. The Balaban J connectivity index is 1.56. The van der Waals surface area contributed by atoms with E-state index in [0.29, 0.717) is 5.69 Å². The highest BCUT2D eigenvalue weighted by atomic mass is 79.9. The SMILES string of the molecule is Cc1ccc2c(c1)[C@]1(C(=O)N2)[C@@H]2C(=O)N(c3ccc(Br)cc3)C(=O)[C@@H]2[C@@H]2CCCN21. The monoisotopic (exact) mass is 465 g/mol. The van der Waals surface area contributed by atoms with Gasteiger partial charge in [0.1, 0.15) is 5.54 Å². The van der Waals surface area contributed by atoms with Gasteiger partial charge in [-0.25, -0.2) is 4.90 Å². The van der Waals surface area contributed by atoms with Crippen molar-refractivity contribution >= 4 is 45.0 Å². The number of benzene rings is 2. The Morgan fingerprint density at radius 2 is 1.83 bits per heavy atom. The van der Waals surface area contributed by atoms with Crippen molar-refractivity contribution in [3.63, 3.8) is 0 Å². The average molecular weight is 466 g/mol. The molecule has 4 heterocycles. The Kier molecular flexibility index (Phi) is 3.66. The number of amides is 3. The molecule has 2 aromatic carbocycles. The average Bonchev–Trinajstić information content (AvgIpc) is 3.42. The number of rotatable bonds is 1. The fourth-order valence-corrected chi connectivity index (χ4v) is 6.43. The Hall–Kier alpha value is -2.51. The molecule has 0 aromatic heterocycles. The number of hydrogen-bond donors (Lipinski definition) is 1. The van der Waals surface area contributed by atoms with Crippen LogP contribution in [0.15, 0.2) is 46.9 Å². The minimum absolute atomic E-state index is 0.0934. The van der Waals surface area contributed by atoms with Gasteiger partial charge in [-0.05, 0) is 56.6 Å². The molecule has 6 nitrogen and oxygen atoms in total. The minimum Gasteiger partial charge on any atom is -0.324 e. The highest BCUT2D eigenvalue weighted by Gasteiger charge is 2.74. The molecule has 3 fully saturated rings. The molecule has 1 spiro atoms. The lowest BCUT2D eigenvalue weighted by Crippen LogP contribution is -2.54. The summed E-state index contributed by atoms with van der Waals surface area (Å²) in [4.78, 5) is 44.4. The Bertz CT molecular complexity index is 1130. The van der Waals surface area contributed by atoms with E-state index in [9.17, 15) is 14.4 Å². The maximum absolute atomic E-state index is 13.8. The number of nitrogens with one attached hydrogen (secondary N) is 1. The molecule has 4 atom stereocenters. The maximum Gasteiger partial charge on any atom is 0.250 e. The van der Waals surface area contributed by atoms with Crippen LogP contribution < -0.4 is 10.2 Å². The molecule has 6 rings (SSSR count). The van der Waals surface area contributed by atoms with Gasteiger partial charge in [0, 0.05) is 21.8 Å². The number of halogens is 1. The second kappa shape index (κ2) is 6.02. The quantitative estimate of drug-likeness (QED) is 0.656. The number of fused-ring (bicyclic) bond motifs is 7. The van der Waals surface area contributed by atoms with Crippen molar-refractivity contribution in [1.82, 2.24) is 4.90 Å². The number of imide groups is 1. The molecule has 3 saturated heterocycles. The summed E-state index contributed by atoms with van der Waals surface area (Å²) in [6.07, 6.45) is 1.74. The van der Waals surface area contributed by atoms with Crippen LogP contribution in [0.25, 0.3) is 0 Å². The molecule has 7 heteroatoms. The van der Waals surface area contributed by atoms with Crippen LogP contribution in [-0.4, -0.2) is 35.2 Å². The Morgan fingerprint density at radius 1 is 1.07 bits per heavy atom. The van der Waals surface area contributed by atoms with Crippen LogP contribution in [0.5, 0.6) is 0 Å². The molecule has 0 aliphatic carbocycles. The highest BCUT2D eigenvalue weighted by Crippen LogP contribution is 2.60. The van der Waals surface area contributed by atoms with E-state index in [2.05, 4.69) is 26.1 Å². The van der Waals surface area contributed by atoms with E-state index in [4.69, 9.17) is 0 Å². The van der Waals surface area contributed by atoms with Crippen molar-refractivity contribution in [2.24, 2.45) is 11.8 Å². The summed E-state index contributed by atoms with van der Waals surface area (Å²) < 4.78 is 0.878. The minimum atomic E-state index is -1.11. The van der Waals surface area contributed by atoms with E-state index in [1.165, 1.54) is 4.90 Å². The number of anilines is 2. The largest absolute Gasteiger partial charge is 0.324 e. The zero-order valence-electron chi connectivity index (χ0n) is 16.4. The number of aryl methyl sites for hydroxylation is 1. The Morgan fingerprint density at radius 3 is 2.60 bits per heavy atom. The van der Waals surface area contributed by atoms with Crippen LogP contribution in [-0.2, 0) is 19.9 Å². The van der Waals surface area contributed by atoms with Gasteiger partial charge in [-0.2, -0.15) is 0 Å². The molecular weight excluding hydrogens is 446 g/mol. The highest BCUT2D eigenvalue weighted by molar-refractivity contribution is 9.10. The predicted molar refractivity (Wildman–Crippen MR) is 115 cm³/mol. The van der Waals surface area contributed by atoms with Gasteiger partial charge in [-0.1, -0.05) is 33.6 Å². The van der Waals surface area contributed by atoms with E-state index in [-0.39, 0.29) is 23.8 Å². The van der Waals surface area contributed by atoms with Crippen molar-refractivity contribution in [3.8, 4) is 0 Å². The summed E-state index contributed by atoms with van der Waals surface area (Å²) in [5, 5.41) is 3.01. The zero-order chi connectivity index (χ0) is 20.8. The second-order valence-corrected chi connectivity index (χ2v) is 9.58. The summed E-state index contributed by atoms with van der Waals surface area (Å²) in [6, 6.07) is 13.0. The Labute approximate surface area is 182 Å². The van der Waals surface area contributed by atoms with E-state index < -0.39 is 17.4 Å². The van der Waals surface area contributed by atoms with Crippen molar-refractivity contribution < 1.29 is 14.4 Å². The lowest BCUT2D eigenvalue weighted by molar-refractivity contribution is -0.135. The first-order valence-electron chi connectivity index (χ1n) is 10.3. The molecule has 4 aliphatic heterocycles. The smallest absolute Gasteiger partial charge is 0.250 e. The number of carbonyl (C=O) groups excluding carboxylic acids is 3. The summed E-state index contributed by atoms with van der Waals surface area (Å²) in [7, 11) is 0. The number of carbonyl (C=O) groups is 3. The standard InChI is InChI=1S/C23H20BrN3O3/c1-12-4-9-16-15(11-12)23(22(30)25-16)19-18(17-3-2-10-26(17)23)20(28)27(21(19)29)14-7-5-13(24)6-8-14/h4-9,11,17-19H,2-3,10H2,1H3,(H,25,30)/t17-,18+,19-,23+/m0/s1. The van der Waals surface area contributed by atoms with Crippen LogP contribution >= 0.6 is 15.9 Å². The fraction of sp³-hybridized carbons (Fsp3) is 0.348. The molecule has 30 heavy (non-hydrogen) atoms. The van der Waals surface area contributed by atoms with Gasteiger partial charge in [0.15, 0.2) is 0 Å². The molecular formula is C23H20BrN3O3. The summed E-state index contributed by atoms with van der Waals surface area (Å²) >= 11 is 3.40. The van der Waals surface area contributed by atoms with Gasteiger partial charge in [0.2, 0.25) is 17.7 Å². The molecule has 0 saturated carbocycles. The third-order valence-corrected chi connectivity index (χ3v) is 7.76. The second-order valence-electron chi connectivity index (χ2n) is 8.66. The summed E-state index contributed by atoms with van der Waals surface area (Å²) in [6.45, 7) is 2.71. The van der Waals surface area contributed by atoms with Crippen LogP contribution in [0.4, 0.5) is 11.4 Å². The van der Waals surface area contributed by atoms with Gasteiger partial charge >= 0.3 is 0 Å². The first-order chi connectivity index (χ1) is 14.4. The van der Waals surface area contributed by atoms with Crippen LogP contribution in [0.1, 0.15) is 24.0 Å². The first-order valence-corrected chi connectivity index (χ1v) is 11.1. The molecule has 4 aliphatic rings. The predicted octanol–water partition coefficient (Wildman–Crippen LogP) is 3.19. The molecule has 3 amide bonds. The van der Waals surface area contributed by atoms with E-state index >= 15 is 0 Å². The van der Waals surface area contributed by atoms with E-state index in [1.807, 2.05) is 37.3 Å². The van der Waals surface area contributed by atoms with Gasteiger partial charge in [-0.15, -0.1) is 0 Å². The maximum atomic E-state index is 13.8. The van der Waals surface area contributed by atoms with Gasteiger partial charge in [0.05, 0.1) is 17.5 Å². The van der Waals surface area contributed by atoms with Crippen molar-refractivity contribution in [2.45, 2.75) is 31.3 Å². The van der Waals surface area contributed by atoms with Crippen molar-refractivity contribution in [1.29, 1.82) is 0 Å². The topological polar surface area (TPSA) is 69.7 Å². The lowest BCUT2D eigenvalue weighted by Gasteiger charge is -2.36. The van der Waals surface area contributed by atoms with Gasteiger partial charge in [0.25, 0.3) is 0 Å². The van der Waals surface area contributed by atoms with Crippen molar-refractivity contribution in [2.75, 3.05) is 16.8 Å². The fourth-order valence-electron chi connectivity index (χ4n) is 6.16. The van der Waals surface area contributed by atoms with E-state index in [1.54, 1.807) is 12.1 Å². The number of hydrogen-bond acceptors (Lipinski definition) is 4. The number of nitrogens with zero attached hydrogens (tertiary/aromatic N) is 2. The molecule has 0 bridgehead atoms. The van der Waals surface area contributed by atoms with Crippen LogP contribution in [0.2, 0.25) is 0 Å².